The van der Waals surface area contributed by atoms with E-state index in [-0.39, 0.29) is 21.3 Å². The lowest BCUT2D eigenvalue weighted by atomic mass is 10.0. The average Bonchev–Trinajstić information content (AvgIpc) is 2.87. The number of rotatable bonds is 13. The van der Waals surface area contributed by atoms with Crippen LogP contribution >= 0.6 is 23.5 Å². The quantitative estimate of drug-likeness (QED) is 0.237. The van der Waals surface area contributed by atoms with Crippen LogP contribution in [0.4, 0.5) is 0 Å². The van der Waals surface area contributed by atoms with Crippen LogP contribution in [0.2, 0.25) is 18.1 Å². The third-order valence-corrected chi connectivity index (χ3v) is 15.6. The van der Waals surface area contributed by atoms with Crippen LogP contribution in [0, 0.1) is 0 Å². The summed E-state index contributed by atoms with van der Waals surface area (Å²) < 4.78 is 24.9. The van der Waals surface area contributed by atoms with Crippen LogP contribution in [-0.4, -0.2) is 55.4 Å². The predicted octanol–water partition coefficient (Wildman–Crippen LogP) is 7.94. The number of hydrogen-bond acceptors (Lipinski definition) is 7. The molecule has 0 aromatic heterocycles. The zero-order chi connectivity index (χ0) is 28.7. The Morgan fingerprint density at radius 1 is 0.949 bits per heavy atom. The van der Waals surface area contributed by atoms with Crippen LogP contribution in [0.25, 0.3) is 0 Å². The summed E-state index contributed by atoms with van der Waals surface area (Å²) in [6, 6.07) is 14.2. The SMILES string of the molecule is COc1cc(C[C@@H](CC2(C[C@H](C)O)SCCCS2)O[Si](C)(C)C(C)(C)C)cc(OC)c1OCc1ccccc1. The zero-order valence-electron chi connectivity index (χ0n) is 25.0. The van der Waals surface area contributed by atoms with Crippen LogP contribution in [0.1, 0.15) is 58.1 Å². The summed E-state index contributed by atoms with van der Waals surface area (Å²) >= 11 is 4.01. The van der Waals surface area contributed by atoms with Gasteiger partial charge in [0.25, 0.3) is 0 Å². The molecule has 0 saturated carbocycles. The van der Waals surface area contributed by atoms with E-state index in [1.807, 2.05) is 60.8 Å². The normalized spacial score (nSPS) is 17.4. The third kappa shape index (κ3) is 9.08. The number of ether oxygens (including phenoxy) is 3. The molecule has 5 nitrogen and oxygen atoms in total. The van der Waals surface area contributed by atoms with Gasteiger partial charge in [0.2, 0.25) is 5.75 Å². The van der Waals surface area contributed by atoms with E-state index in [9.17, 15) is 5.11 Å². The van der Waals surface area contributed by atoms with Gasteiger partial charge in [0.1, 0.15) is 6.61 Å². The van der Waals surface area contributed by atoms with E-state index in [1.54, 1.807) is 14.2 Å². The summed E-state index contributed by atoms with van der Waals surface area (Å²) in [5.41, 5.74) is 2.18. The Morgan fingerprint density at radius 3 is 2.05 bits per heavy atom. The molecule has 0 aliphatic carbocycles. The first-order valence-electron chi connectivity index (χ1n) is 13.9. The maximum atomic E-state index is 10.4. The minimum atomic E-state index is -2.05. The second-order valence-corrected chi connectivity index (χ2v) is 20.0. The smallest absolute Gasteiger partial charge is 0.203 e. The molecule has 1 aliphatic heterocycles. The highest BCUT2D eigenvalue weighted by molar-refractivity contribution is 8.18. The van der Waals surface area contributed by atoms with Crippen LogP contribution in [-0.2, 0) is 17.5 Å². The summed E-state index contributed by atoms with van der Waals surface area (Å²) in [7, 11) is 1.29. The fourth-order valence-corrected chi connectivity index (χ4v) is 9.69. The molecule has 0 spiro atoms. The lowest BCUT2D eigenvalue weighted by molar-refractivity contribution is 0.144. The number of hydrogen-bond donors (Lipinski definition) is 1. The first-order chi connectivity index (χ1) is 18.4. The lowest BCUT2D eigenvalue weighted by Gasteiger charge is -2.44. The van der Waals surface area contributed by atoms with Crippen molar-refractivity contribution < 1.29 is 23.7 Å². The Bertz CT molecular complexity index is 1010. The maximum Gasteiger partial charge on any atom is 0.203 e. The van der Waals surface area contributed by atoms with Crippen LogP contribution in [0.3, 0.4) is 0 Å². The van der Waals surface area contributed by atoms with Crippen molar-refractivity contribution in [3.63, 3.8) is 0 Å². The van der Waals surface area contributed by atoms with Crippen molar-refractivity contribution in [3.05, 3.63) is 53.6 Å². The molecule has 1 heterocycles. The molecule has 1 fully saturated rings. The second kappa shape index (κ2) is 14.0. The van der Waals surface area contributed by atoms with Crippen molar-refractivity contribution >= 4 is 31.8 Å². The van der Waals surface area contributed by atoms with E-state index in [0.717, 1.165) is 41.9 Å². The van der Waals surface area contributed by atoms with Gasteiger partial charge in [-0.2, -0.15) is 0 Å². The summed E-state index contributed by atoms with van der Waals surface area (Å²) in [5.74, 6) is 4.18. The second-order valence-electron chi connectivity index (χ2n) is 12.0. The van der Waals surface area contributed by atoms with Gasteiger partial charge in [-0.15, -0.1) is 23.5 Å². The largest absolute Gasteiger partial charge is 0.493 e. The third-order valence-electron chi connectivity index (χ3n) is 7.64. The number of thioether (sulfide) groups is 2. The first-order valence-corrected chi connectivity index (χ1v) is 18.8. The molecule has 218 valence electrons. The van der Waals surface area contributed by atoms with Crippen molar-refractivity contribution in [2.75, 3.05) is 25.7 Å². The maximum absolute atomic E-state index is 10.4. The van der Waals surface area contributed by atoms with Crippen molar-refractivity contribution in [2.45, 2.75) is 94.4 Å². The van der Waals surface area contributed by atoms with Gasteiger partial charge in [-0.3, -0.25) is 0 Å². The molecule has 39 heavy (non-hydrogen) atoms. The number of aliphatic hydroxyl groups excluding tert-OH is 1. The van der Waals surface area contributed by atoms with E-state index in [2.05, 4.69) is 46.0 Å². The van der Waals surface area contributed by atoms with Crippen molar-refractivity contribution in [2.24, 2.45) is 0 Å². The molecule has 1 N–H and O–H groups in total. The molecule has 1 saturated heterocycles. The molecular formula is C31H48O5S2Si. The topological polar surface area (TPSA) is 57.2 Å². The monoisotopic (exact) mass is 592 g/mol. The van der Waals surface area contributed by atoms with E-state index in [4.69, 9.17) is 18.6 Å². The number of benzene rings is 2. The van der Waals surface area contributed by atoms with Gasteiger partial charge < -0.3 is 23.7 Å². The standard InChI is InChI=1S/C31H48O5S2Si/c1-23(32)20-31(37-15-12-16-38-31)21-26(36-39(7,8)30(2,3)4)17-25-18-27(33-5)29(28(19-25)34-6)35-22-24-13-10-9-11-14-24/h9-11,13-14,18-19,23,26,32H,12,15-17,20-22H2,1-8H3/t23-,26-/m0/s1. The highest BCUT2D eigenvalue weighted by Crippen LogP contribution is 2.50. The number of methoxy groups -OCH3 is 2. The Kier molecular flexibility index (Phi) is 11.6. The summed E-state index contributed by atoms with van der Waals surface area (Å²) in [5, 5.41) is 10.5. The molecular weight excluding hydrogens is 545 g/mol. The molecule has 1 aliphatic rings. The van der Waals surface area contributed by atoms with Gasteiger partial charge in [-0.1, -0.05) is 51.1 Å². The Morgan fingerprint density at radius 2 is 1.54 bits per heavy atom. The van der Waals surface area contributed by atoms with Crippen LogP contribution < -0.4 is 14.2 Å². The number of aliphatic hydroxyl groups is 1. The summed E-state index contributed by atoms with van der Waals surface area (Å²) in [6.07, 6.45) is 3.26. The minimum absolute atomic E-state index is 0.00763. The molecule has 3 rings (SSSR count). The van der Waals surface area contributed by atoms with Crippen molar-refractivity contribution in [1.82, 2.24) is 0 Å². The molecule has 0 radical (unpaired) electrons. The fraction of sp³-hybridized carbons (Fsp3) is 0.613. The van der Waals surface area contributed by atoms with Crippen LogP contribution in [0.15, 0.2) is 42.5 Å². The van der Waals surface area contributed by atoms with Crippen molar-refractivity contribution in [1.29, 1.82) is 0 Å². The van der Waals surface area contributed by atoms with Gasteiger partial charge in [0, 0.05) is 0 Å². The first kappa shape index (κ1) is 32.2. The Labute approximate surface area is 245 Å². The van der Waals surface area contributed by atoms with E-state index in [0.29, 0.717) is 23.9 Å². The molecule has 0 unspecified atom stereocenters. The predicted molar refractivity (Wildman–Crippen MR) is 169 cm³/mol. The highest BCUT2D eigenvalue weighted by atomic mass is 32.2. The van der Waals surface area contributed by atoms with Gasteiger partial charge in [0.05, 0.1) is 30.5 Å². The Hall–Kier alpha value is -1.32. The fourth-order valence-electron chi connectivity index (χ4n) is 4.67. The molecule has 0 amide bonds. The van der Waals surface area contributed by atoms with Crippen LogP contribution in [0.5, 0.6) is 17.2 Å². The molecule has 2 aromatic carbocycles. The highest BCUT2D eigenvalue weighted by Gasteiger charge is 2.43. The summed E-state index contributed by atoms with van der Waals surface area (Å²) in [6.45, 7) is 13.9. The van der Waals surface area contributed by atoms with Gasteiger partial charge in [-0.05, 0) is 85.5 Å². The minimum Gasteiger partial charge on any atom is -0.493 e. The van der Waals surface area contributed by atoms with E-state index >= 15 is 0 Å². The Balaban J connectivity index is 1.92. The van der Waals surface area contributed by atoms with E-state index in [1.165, 1.54) is 6.42 Å². The average molecular weight is 593 g/mol. The van der Waals surface area contributed by atoms with Crippen molar-refractivity contribution in [3.8, 4) is 17.2 Å². The molecule has 2 atom stereocenters. The molecule has 2 aromatic rings. The molecule has 8 heteroatoms. The van der Waals surface area contributed by atoms with Gasteiger partial charge in [-0.25, -0.2) is 0 Å². The molecule has 0 bridgehead atoms. The van der Waals surface area contributed by atoms with E-state index < -0.39 is 8.32 Å². The van der Waals surface area contributed by atoms with Gasteiger partial charge >= 0.3 is 0 Å². The van der Waals surface area contributed by atoms with Gasteiger partial charge in [0.15, 0.2) is 19.8 Å². The lowest BCUT2D eigenvalue weighted by Crippen LogP contribution is -2.46. The zero-order valence-corrected chi connectivity index (χ0v) is 27.7. The summed E-state index contributed by atoms with van der Waals surface area (Å²) in [4.78, 5) is 0.